The molecule has 1 atom stereocenters. The van der Waals surface area contributed by atoms with E-state index >= 15 is 0 Å². The van der Waals surface area contributed by atoms with Crippen molar-refractivity contribution in [3.8, 4) is 0 Å². The number of hydrogen-bond donors (Lipinski definition) is 0. The van der Waals surface area contributed by atoms with E-state index in [-0.39, 0.29) is 5.91 Å². The Morgan fingerprint density at radius 2 is 2.25 bits per heavy atom. The second kappa shape index (κ2) is 6.36. The summed E-state index contributed by atoms with van der Waals surface area (Å²) in [6.45, 7) is 7.64. The molecule has 3 nitrogen and oxygen atoms in total. The fourth-order valence-electron chi connectivity index (χ4n) is 1.55. The van der Waals surface area contributed by atoms with Crippen LogP contribution in [0.15, 0.2) is 23.0 Å². The second-order valence-corrected chi connectivity index (χ2v) is 4.26. The van der Waals surface area contributed by atoms with Crippen molar-refractivity contribution in [2.45, 2.75) is 40.2 Å². The third kappa shape index (κ3) is 3.72. The molecule has 0 aliphatic carbocycles. The number of furan rings is 1. The van der Waals surface area contributed by atoms with Crippen LogP contribution >= 0.6 is 0 Å². The monoisotopic (exact) mass is 223 g/mol. The van der Waals surface area contributed by atoms with Crippen molar-refractivity contribution in [3.05, 3.63) is 24.2 Å². The molecule has 16 heavy (non-hydrogen) atoms. The Hall–Kier alpha value is -1.25. The van der Waals surface area contributed by atoms with Gasteiger partial charge in [-0.1, -0.05) is 20.3 Å². The minimum atomic E-state index is 0.234. The van der Waals surface area contributed by atoms with E-state index in [2.05, 4.69) is 13.8 Å². The topological polar surface area (TPSA) is 33.5 Å². The van der Waals surface area contributed by atoms with E-state index in [1.165, 1.54) is 0 Å². The summed E-state index contributed by atoms with van der Waals surface area (Å²) in [7, 11) is 0. The van der Waals surface area contributed by atoms with Gasteiger partial charge in [-0.2, -0.15) is 0 Å². The molecule has 1 aromatic heterocycles. The molecule has 0 radical (unpaired) electrons. The van der Waals surface area contributed by atoms with Gasteiger partial charge in [-0.15, -0.1) is 0 Å². The number of carbonyl (C=O) groups is 1. The third-order valence-electron chi connectivity index (χ3n) is 2.91. The minimum absolute atomic E-state index is 0.234. The maximum atomic E-state index is 12.0. The lowest BCUT2D eigenvalue weighted by Gasteiger charge is -2.21. The van der Waals surface area contributed by atoms with Gasteiger partial charge < -0.3 is 9.32 Å². The fraction of sp³-hybridized carbons (Fsp3) is 0.615. The number of nitrogens with zero attached hydrogens (tertiary/aromatic N) is 1. The average molecular weight is 223 g/mol. The van der Waals surface area contributed by atoms with Crippen molar-refractivity contribution < 1.29 is 9.21 Å². The lowest BCUT2D eigenvalue weighted by atomic mass is 10.0. The number of carbonyl (C=O) groups excluding carboxylic acids is 1. The molecule has 0 aromatic carbocycles. The van der Waals surface area contributed by atoms with Crippen molar-refractivity contribution in [1.29, 1.82) is 0 Å². The summed E-state index contributed by atoms with van der Waals surface area (Å²) >= 11 is 0. The summed E-state index contributed by atoms with van der Waals surface area (Å²) in [5, 5.41) is 0. The molecule has 1 amide bonds. The Morgan fingerprint density at radius 1 is 1.50 bits per heavy atom. The van der Waals surface area contributed by atoms with Gasteiger partial charge in [-0.3, -0.25) is 4.79 Å². The Bertz CT molecular complexity index is 306. The van der Waals surface area contributed by atoms with Crippen LogP contribution in [0.3, 0.4) is 0 Å². The molecule has 0 saturated heterocycles. The molecule has 0 fully saturated rings. The highest BCUT2D eigenvalue weighted by Crippen LogP contribution is 2.12. The molecule has 1 unspecified atom stereocenters. The van der Waals surface area contributed by atoms with Gasteiger partial charge in [0.2, 0.25) is 5.91 Å². The van der Waals surface area contributed by atoms with Crippen molar-refractivity contribution in [1.82, 2.24) is 4.90 Å². The zero-order chi connectivity index (χ0) is 12.0. The van der Waals surface area contributed by atoms with Crippen LogP contribution in [0.1, 0.15) is 39.2 Å². The van der Waals surface area contributed by atoms with Crippen LogP contribution in [-0.2, 0) is 11.3 Å². The molecule has 90 valence electrons. The molecule has 0 aliphatic heterocycles. The first kappa shape index (κ1) is 12.8. The summed E-state index contributed by atoms with van der Waals surface area (Å²) in [6.07, 6.45) is 5.03. The smallest absolute Gasteiger partial charge is 0.223 e. The first-order valence-corrected chi connectivity index (χ1v) is 5.96. The Kier molecular flexibility index (Phi) is 5.09. The largest absolute Gasteiger partial charge is 0.472 e. The molecular formula is C13H21NO2. The van der Waals surface area contributed by atoms with E-state index < -0.39 is 0 Å². The number of amides is 1. The highest BCUT2D eigenvalue weighted by molar-refractivity contribution is 5.76. The van der Waals surface area contributed by atoms with Gasteiger partial charge >= 0.3 is 0 Å². The summed E-state index contributed by atoms with van der Waals surface area (Å²) in [5.74, 6) is 0.698. The predicted molar refractivity (Wildman–Crippen MR) is 63.9 cm³/mol. The second-order valence-electron chi connectivity index (χ2n) is 4.26. The molecule has 0 saturated carbocycles. The molecule has 0 bridgehead atoms. The van der Waals surface area contributed by atoms with Gasteiger partial charge in [0.25, 0.3) is 0 Å². The van der Waals surface area contributed by atoms with E-state index in [1.54, 1.807) is 12.5 Å². The van der Waals surface area contributed by atoms with Crippen molar-refractivity contribution >= 4 is 5.91 Å². The van der Waals surface area contributed by atoms with E-state index in [1.807, 2.05) is 17.9 Å². The molecule has 0 aliphatic rings. The third-order valence-corrected chi connectivity index (χ3v) is 2.91. The van der Waals surface area contributed by atoms with Gasteiger partial charge in [0.1, 0.15) is 0 Å². The standard InChI is InChI=1S/C13H21NO2/c1-4-11(3)8-13(15)14(5-2)9-12-6-7-16-10-12/h6-7,10-11H,4-5,8-9H2,1-3H3. The van der Waals surface area contributed by atoms with Crippen molar-refractivity contribution in [2.24, 2.45) is 5.92 Å². The Balaban J connectivity index is 2.50. The van der Waals surface area contributed by atoms with Crippen LogP contribution in [0, 0.1) is 5.92 Å². The van der Waals surface area contributed by atoms with Gasteiger partial charge in [-0.25, -0.2) is 0 Å². The van der Waals surface area contributed by atoms with Crippen molar-refractivity contribution in [2.75, 3.05) is 6.54 Å². The van der Waals surface area contributed by atoms with Crippen LogP contribution in [0.4, 0.5) is 0 Å². The fourth-order valence-corrected chi connectivity index (χ4v) is 1.55. The average Bonchev–Trinajstić information content (AvgIpc) is 2.78. The van der Waals surface area contributed by atoms with E-state index in [4.69, 9.17) is 4.42 Å². The maximum absolute atomic E-state index is 12.0. The first-order valence-electron chi connectivity index (χ1n) is 5.96. The molecule has 0 spiro atoms. The lowest BCUT2D eigenvalue weighted by Crippen LogP contribution is -2.31. The first-order chi connectivity index (χ1) is 7.67. The van der Waals surface area contributed by atoms with Crippen LogP contribution < -0.4 is 0 Å². The van der Waals surface area contributed by atoms with E-state index in [0.29, 0.717) is 18.9 Å². The molecule has 3 heteroatoms. The SMILES string of the molecule is CCC(C)CC(=O)N(CC)Cc1ccoc1. The number of hydrogen-bond acceptors (Lipinski definition) is 2. The zero-order valence-corrected chi connectivity index (χ0v) is 10.4. The van der Waals surface area contributed by atoms with Gasteiger partial charge in [-0.05, 0) is 18.9 Å². The Labute approximate surface area is 97.4 Å². The molecular weight excluding hydrogens is 202 g/mol. The molecule has 1 heterocycles. The lowest BCUT2D eigenvalue weighted by molar-refractivity contribution is -0.132. The van der Waals surface area contributed by atoms with E-state index in [0.717, 1.165) is 18.5 Å². The van der Waals surface area contributed by atoms with Gasteiger partial charge in [0.05, 0.1) is 12.5 Å². The minimum Gasteiger partial charge on any atom is -0.472 e. The zero-order valence-electron chi connectivity index (χ0n) is 10.4. The van der Waals surface area contributed by atoms with Crippen LogP contribution in [0.5, 0.6) is 0 Å². The summed E-state index contributed by atoms with van der Waals surface area (Å²) in [5.41, 5.74) is 1.05. The molecule has 1 aromatic rings. The van der Waals surface area contributed by atoms with Gasteiger partial charge in [0, 0.05) is 25.1 Å². The summed E-state index contributed by atoms with van der Waals surface area (Å²) in [6, 6.07) is 1.90. The summed E-state index contributed by atoms with van der Waals surface area (Å²) in [4.78, 5) is 13.8. The van der Waals surface area contributed by atoms with Crippen LogP contribution in [0.2, 0.25) is 0 Å². The van der Waals surface area contributed by atoms with Crippen molar-refractivity contribution in [3.63, 3.8) is 0 Å². The van der Waals surface area contributed by atoms with Gasteiger partial charge in [0.15, 0.2) is 0 Å². The maximum Gasteiger partial charge on any atom is 0.223 e. The quantitative estimate of drug-likeness (QED) is 0.742. The predicted octanol–water partition coefficient (Wildman–Crippen LogP) is 3.06. The van der Waals surface area contributed by atoms with Crippen LogP contribution in [-0.4, -0.2) is 17.4 Å². The molecule has 0 N–H and O–H groups in total. The summed E-state index contributed by atoms with van der Waals surface area (Å²) < 4.78 is 5.00. The highest BCUT2D eigenvalue weighted by atomic mass is 16.3. The highest BCUT2D eigenvalue weighted by Gasteiger charge is 2.14. The number of rotatable bonds is 6. The van der Waals surface area contributed by atoms with E-state index in [9.17, 15) is 4.79 Å². The normalized spacial score (nSPS) is 12.4. The van der Waals surface area contributed by atoms with Crippen LogP contribution in [0.25, 0.3) is 0 Å². The molecule has 1 rings (SSSR count). The Morgan fingerprint density at radius 3 is 2.75 bits per heavy atom.